The first-order valence-electron chi connectivity index (χ1n) is 5.15. The Morgan fingerprint density at radius 2 is 2.29 bits per heavy atom. The lowest BCUT2D eigenvalue weighted by atomic mass is 9.71. The van der Waals surface area contributed by atoms with Crippen LogP contribution in [0.5, 0.6) is 0 Å². The molecule has 0 saturated heterocycles. The Morgan fingerprint density at radius 3 is 2.86 bits per heavy atom. The fourth-order valence-electron chi connectivity index (χ4n) is 2.39. The summed E-state index contributed by atoms with van der Waals surface area (Å²) >= 11 is 5.33. The van der Waals surface area contributed by atoms with Gasteiger partial charge in [0.2, 0.25) is 0 Å². The van der Waals surface area contributed by atoms with Gasteiger partial charge in [-0.1, -0.05) is 19.8 Å². The van der Waals surface area contributed by atoms with E-state index in [1.807, 2.05) is 0 Å². The van der Waals surface area contributed by atoms with Gasteiger partial charge >= 0.3 is 0 Å². The molecule has 2 unspecified atom stereocenters. The highest BCUT2D eigenvalue weighted by atomic mass is 79.9. The van der Waals surface area contributed by atoms with Crippen molar-refractivity contribution in [1.82, 2.24) is 0 Å². The Bertz CT molecular complexity index is 323. The van der Waals surface area contributed by atoms with Crippen LogP contribution in [0.3, 0.4) is 0 Å². The maximum atomic E-state index is 6.55. The predicted molar refractivity (Wildman–Crippen MR) is 65.5 cm³/mol. The van der Waals surface area contributed by atoms with Crippen LogP contribution in [0.1, 0.15) is 38.2 Å². The van der Waals surface area contributed by atoms with Crippen LogP contribution in [0.25, 0.3) is 0 Å². The number of hydrogen-bond donors (Lipinski definition) is 1. The highest BCUT2D eigenvalue weighted by Crippen LogP contribution is 2.43. The molecule has 78 valence electrons. The molecule has 1 nitrogen and oxygen atoms in total. The fourth-order valence-corrected chi connectivity index (χ4v) is 4.14. The number of nitrogens with two attached hydrogens (primary N) is 1. The summed E-state index contributed by atoms with van der Waals surface area (Å²) in [5.74, 6) is 0.599. The molecule has 1 fully saturated rings. The SMILES string of the molecule is CC1CCCCC1(N)c1cscc1Br. The van der Waals surface area contributed by atoms with Crippen LogP contribution in [0, 0.1) is 5.92 Å². The van der Waals surface area contributed by atoms with Crippen molar-refractivity contribution >= 4 is 27.3 Å². The van der Waals surface area contributed by atoms with E-state index in [9.17, 15) is 0 Å². The van der Waals surface area contributed by atoms with Gasteiger partial charge in [-0.15, -0.1) is 0 Å². The maximum absolute atomic E-state index is 6.55. The van der Waals surface area contributed by atoms with Crippen LogP contribution in [-0.4, -0.2) is 0 Å². The molecule has 14 heavy (non-hydrogen) atoms. The fraction of sp³-hybridized carbons (Fsp3) is 0.636. The van der Waals surface area contributed by atoms with E-state index in [0.29, 0.717) is 5.92 Å². The second-order valence-corrected chi connectivity index (χ2v) is 5.92. The van der Waals surface area contributed by atoms with E-state index in [-0.39, 0.29) is 5.54 Å². The normalized spacial score (nSPS) is 33.2. The van der Waals surface area contributed by atoms with Crippen molar-refractivity contribution in [2.45, 2.75) is 38.1 Å². The first-order chi connectivity index (χ1) is 6.64. The molecule has 1 saturated carbocycles. The molecule has 0 aromatic carbocycles. The van der Waals surface area contributed by atoms with Crippen molar-refractivity contribution in [3.05, 3.63) is 20.8 Å². The van der Waals surface area contributed by atoms with Gasteiger partial charge < -0.3 is 5.73 Å². The van der Waals surface area contributed by atoms with Gasteiger partial charge in [0.05, 0.1) is 0 Å². The monoisotopic (exact) mass is 273 g/mol. The quantitative estimate of drug-likeness (QED) is 0.826. The summed E-state index contributed by atoms with van der Waals surface area (Å²) in [6, 6.07) is 0. The van der Waals surface area contributed by atoms with E-state index in [0.717, 1.165) is 6.42 Å². The minimum Gasteiger partial charge on any atom is -0.321 e. The highest BCUT2D eigenvalue weighted by molar-refractivity contribution is 9.10. The predicted octanol–water partition coefficient (Wildman–Crippen LogP) is 3.87. The molecule has 3 heteroatoms. The molecule has 2 atom stereocenters. The van der Waals surface area contributed by atoms with E-state index in [1.165, 1.54) is 29.3 Å². The van der Waals surface area contributed by atoms with E-state index in [1.54, 1.807) is 11.3 Å². The largest absolute Gasteiger partial charge is 0.321 e. The van der Waals surface area contributed by atoms with Crippen LogP contribution in [0.2, 0.25) is 0 Å². The Kier molecular flexibility index (Phi) is 3.01. The molecule has 1 heterocycles. The summed E-state index contributed by atoms with van der Waals surface area (Å²) in [6.07, 6.45) is 4.99. The van der Waals surface area contributed by atoms with Crippen molar-refractivity contribution in [2.75, 3.05) is 0 Å². The summed E-state index contributed by atoms with van der Waals surface area (Å²) in [6.45, 7) is 2.28. The molecule has 1 aromatic heterocycles. The molecular weight excluding hydrogens is 258 g/mol. The molecule has 1 aliphatic carbocycles. The zero-order valence-corrected chi connectivity index (χ0v) is 10.8. The third-order valence-electron chi connectivity index (χ3n) is 3.47. The van der Waals surface area contributed by atoms with Crippen molar-refractivity contribution in [3.63, 3.8) is 0 Å². The number of rotatable bonds is 1. The molecule has 0 bridgehead atoms. The second-order valence-electron chi connectivity index (χ2n) is 4.32. The van der Waals surface area contributed by atoms with Crippen LogP contribution in [0.4, 0.5) is 0 Å². The molecule has 1 aliphatic rings. The minimum absolute atomic E-state index is 0.0862. The van der Waals surface area contributed by atoms with Gasteiger partial charge in [-0.3, -0.25) is 0 Å². The Morgan fingerprint density at radius 1 is 1.50 bits per heavy atom. The van der Waals surface area contributed by atoms with Gasteiger partial charge in [0.25, 0.3) is 0 Å². The Labute approximate surface area is 97.8 Å². The standard InChI is InChI=1S/C11H16BrNS/c1-8-4-2-3-5-11(8,13)9-6-14-7-10(9)12/h6-8H,2-5,13H2,1H3. The van der Waals surface area contributed by atoms with Crippen LogP contribution in [0.15, 0.2) is 15.2 Å². The topological polar surface area (TPSA) is 26.0 Å². The third kappa shape index (κ3) is 1.66. The zero-order chi connectivity index (χ0) is 10.2. The van der Waals surface area contributed by atoms with Gasteiger partial charge in [0, 0.05) is 15.4 Å². The van der Waals surface area contributed by atoms with Gasteiger partial charge in [0.1, 0.15) is 0 Å². The lowest BCUT2D eigenvalue weighted by Crippen LogP contribution is -2.45. The second kappa shape index (κ2) is 3.95. The molecule has 2 N–H and O–H groups in total. The lowest BCUT2D eigenvalue weighted by Gasteiger charge is -2.39. The van der Waals surface area contributed by atoms with E-state index in [2.05, 4.69) is 33.6 Å². The first kappa shape index (κ1) is 10.7. The zero-order valence-electron chi connectivity index (χ0n) is 8.42. The molecule has 1 aromatic rings. The van der Waals surface area contributed by atoms with Gasteiger partial charge in [0.15, 0.2) is 0 Å². The summed E-state index contributed by atoms with van der Waals surface area (Å²) in [7, 11) is 0. The van der Waals surface area contributed by atoms with E-state index >= 15 is 0 Å². The molecular formula is C11H16BrNS. The smallest absolute Gasteiger partial charge is 0.0455 e. The van der Waals surface area contributed by atoms with E-state index in [4.69, 9.17) is 5.73 Å². The number of thiophene rings is 1. The average Bonchev–Trinajstić information content (AvgIpc) is 2.57. The summed E-state index contributed by atoms with van der Waals surface area (Å²) < 4.78 is 1.19. The van der Waals surface area contributed by atoms with Crippen LogP contribution in [-0.2, 0) is 5.54 Å². The van der Waals surface area contributed by atoms with Crippen LogP contribution < -0.4 is 5.73 Å². The molecule has 0 aliphatic heterocycles. The lowest BCUT2D eigenvalue weighted by molar-refractivity contribution is 0.206. The first-order valence-corrected chi connectivity index (χ1v) is 6.89. The van der Waals surface area contributed by atoms with Gasteiger partial charge in [-0.25, -0.2) is 0 Å². The minimum atomic E-state index is -0.0862. The molecule has 0 radical (unpaired) electrons. The van der Waals surface area contributed by atoms with Crippen molar-refractivity contribution in [3.8, 4) is 0 Å². The Balaban J connectivity index is 2.34. The molecule has 0 amide bonds. The summed E-state index contributed by atoms with van der Waals surface area (Å²) in [4.78, 5) is 0. The van der Waals surface area contributed by atoms with E-state index < -0.39 is 0 Å². The third-order valence-corrected chi connectivity index (χ3v) is 5.18. The summed E-state index contributed by atoms with van der Waals surface area (Å²) in [5.41, 5.74) is 7.77. The molecule has 2 rings (SSSR count). The molecule has 0 spiro atoms. The maximum Gasteiger partial charge on any atom is 0.0455 e. The Hall–Kier alpha value is 0.140. The summed E-state index contributed by atoms with van der Waals surface area (Å²) in [5, 5.41) is 4.33. The van der Waals surface area contributed by atoms with Gasteiger partial charge in [-0.05, 0) is 45.6 Å². The van der Waals surface area contributed by atoms with Crippen LogP contribution >= 0.6 is 27.3 Å². The van der Waals surface area contributed by atoms with Crippen molar-refractivity contribution in [2.24, 2.45) is 11.7 Å². The number of halogens is 1. The highest BCUT2D eigenvalue weighted by Gasteiger charge is 2.37. The van der Waals surface area contributed by atoms with Gasteiger partial charge in [-0.2, -0.15) is 11.3 Å². The average molecular weight is 274 g/mol. The van der Waals surface area contributed by atoms with Crippen molar-refractivity contribution < 1.29 is 0 Å². The number of hydrogen-bond acceptors (Lipinski definition) is 2. The van der Waals surface area contributed by atoms with Crippen molar-refractivity contribution in [1.29, 1.82) is 0 Å².